The highest BCUT2D eigenvalue weighted by Gasteiger charge is 1.90. The van der Waals surface area contributed by atoms with Crippen molar-refractivity contribution >= 4 is 12.2 Å². The molecule has 2 nitrogen and oxygen atoms in total. The summed E-state index contributed by atoms with van der Waals surface area (Å²) < 4.78 is 0. The first-order chi connectivity index (χ1) is 18.4. The summed E-state index contributed by atoms with van der Waals surface area (Å²) in [5.74, 6) is 0. The fourth-order valence-electron chi connectivity index (χ4n) is 3.13. The van der Waals surface area contributed by atoms with Crippen LogP contribution in [0.1, 0.15) is 49.9 Å². The van der Waals surface area contributed by atoms with E-state index in [1.807, 2.05) is 85.0 Å². The first-order valence-electron chi connectivity index (χ1n) is 12.5. The van der Waals surface area contributed by atoms with E-state index < -0.39 is 0 Å². The molecule has 0 bridgehead atoms. The average Bonchev–Trinajstić information content (AvgIpc) is 2.93. The zero-order valence-electron chi connectivity index (χ0n) is 22.6. The molecular formula is C36H34N2. The van der Waals surface area contributed by atoms with Crippen LogP contribution in [0.15, 0.2) is 144 Å². The molecule has 0 radical (unpaired) electrons. The van der Waals surface area contributed by atoms with Gasteiger partial charge in [0.15, 0.2) is 0 Å². The molecule has 0 unspecified atom stereocenters. The van der Waals surface area contributed by atoms with Gasteiger partial charge in [-0.15, -0.1) is 0 Å². The van der Waals surface area contributed by atoms with Crippen molar-refractivity contribution in [1.82, 2.24) is 0 Å². The van der Waals surface area contributed by atoms with E-state index in [0.29, 0.717) is 11.1 Å². The quantitative estimate of drug-likeness (QED) is 0.309. The van der Waals surface area contributed by atoms with Crippen LogP contribution >= 0.6 is 0 Å². The van der Waals surface area contributed by atoms with E-state index in [9.17, 15) is 0 Å². The van der Waals surface area contributed by atoms with Gasteiger partial charge in [-0.25, -0.2) is 0 Å². The summed E-state index contributed by atoms with van der Waals surface area (Å²) in [6.07, 6.45) is 28.9. The van der Waals surface area contributed by atoms with Gasteiger partial charge in [0.05, 0.1) is 23.3 Å². The van der Waals surface area contributed by atoms with Gasteiger partial charge in [-0.2, -0.15) is 10.5 Å². The number of allylic oxidation sites excluding steroid dienone is 16. The van der Waals surface area contributed by atoms with Crippen LogP contribution in [0.25, 0.3) is 12.2 Å². The molecule has 0 amide bonds. The number of benzene rings is 2. The molecule has 0 N–H and O–H groups in total. The lowest BCUT2D eigenvalue weighted by Gasteiger charge is -1.94. The van der Waals surface area contributed by atoms with Crippen molar-refractivity contribution in [3.63, 3.8) is 0 Å². The van der Waals surface area contributed by atoms with E-state index >= 15 is 0 Å². The van der Waals surface area contributed by atoms with Gasteiger partial charge in [-0.05, 0) is 63.1 Å². The van der Waals surface area contributed by atoms with Crippen LogP contribution in [0.5, 0.6) is 0 Å². The molecule has 0 aliphatic carbocycles. The largest absolute Gasteiger partial charge is 0.192 e. The zero-order chi connectivity index (χ0) is 27.6. The predicted octanol–water partition coefficient (Wildman–Crippen LogP) is 9.61. The molecule has 2 aromatic rings. The third kappa shape index (κ3) is 12.2. The first kappa shape index (κ1) is 29.3. The van der Waals surface area contributed by atoms with Gasteiger partial charge in [-0.1, -0.05) is 132 Å². The molecule has 0 aliphatic rings. The minimum absolute atomic E-state index is 0.671. The van der Waals surface area contributed by atoms with Crippen molar-refractivity contribution in [3.8, 4) is 12.1 Å². The molecule has 0 spiro atoms. The van der Waals surface area contributed by atoms with Crippen LogP contribution < -0.4 is 0 Å². The van der Waals surface area contributed by atoms with E-state index in [4.69, 9.17) is 10.5 Å². The summed E-state index contributed by atoms with van der Waals surface area (Å²) >= 11 is 0. The lowest BCUT2D eigenvalue weighted by atomic mass is 10.1. The Balaban J connectivity index is 1.82. The SMILES string of the molecule is CC(/C=C/C=C(C)/C=C/c1ccc(C#N)cc1)=C\C=C\C=C(C)\C=C\C=C(C)\C=C\c1ccc(C#N)cc1. The Kier molecular flexibility index (Phi) is 12.9. The molecular weight excluding hydrogens is 460 g/mol. The summed E-state index contributed by atoms with van der Waals surface area (Å²) in [5, 5.41) is 17.7. The summed E-state index contributed by atoms with van der Waals surface area (Å²) in [6, 6.07) is 19.3. The predicted molar refractivity (Wildman–Crippen MR) is 163 cm³/mol. The van der Waals surface area contributed by atoms with Crippen LogP contribution in [0.3, 0.4) is 0 Å². The minimum Gasteiger partial charge on any atom is -0.192 e. The topological polar surface area (TPSA) is 47.6 Å². The van der Waals surface area contributed by atoms with Crippen LogP contribution in [0.4, 0.5) is 0 Å². The fourth-order valence-corrected chi connectivity index (χ4v) is 3.13. The van der Waals surface area contributed by atoms with Gasteiger partial charge in [-0.3, -0.25) is 0 Å². The van der Waals surface area contributed by atoms with Crippen LogP contribution in [-0.4, -0.2) is 0 Å². The Bertz CT molecular complexity index is 1300. The first-order valence-corrected chi connectivity index (χ1v) is 12.5. The maximum atomic E-state index is 8.87. The van der Waals surface area contributed by atoms with Crippen LogP contribution in [-0.2, 0) is 0 Å². The summed E-state index contributed by atoms with van der Waals surface area (Å²) in [6.45, 7) is 8.28. The Morgan fingerprint density at radius 3 is 1.13 bits per heavy atom. The standard InChI is InChI=1S/C36H34N2/c1-29(11-7-13-31(3)15-17-33-19-23-35(27-37)24-20-33)9-5-6-10-30(2)12-8-14-32(4)16-18-34-21-25-36(28-38)26-22-34/h5-26H,1-4H3/b6-5+,11-7+,12-8+,17-15+,18-16+,29-9+,30-10+,31-13+,32-14+. The molecule has 2 aromatic carbocycles. The third-order valence-electron chi connectivity index (χ3n) is 5.42. The second-order valence-electron chi connectivity index (χ2n) is 8.88. The van der Waals surface area contributed by atoms with Gasteiger partial charge < -0.3 is 0 Å². The second kappa shape index (κ2) is 16.7. The minimum atomic E-state index is 0.671. The van der Waals surface area contributed by atoms with Gasteiger partial charge in [0, 0.05) is 0 Å². The Labute approximate surface area is 228 Å². The Morgan fingerprint density at radius 1 is 0.474 bits per heavy atom. The molecule has 0 atom stereocenters. The van der Waals surface area contributed by atoms with Crippen molar-refractivity contribution in [2.24, 2.45) is 0 Å². The highest BCUT2D eigenvalue weighted by atomic mass is 14.2. The zero-order valence-corrected chi connectivity index (χ0v) is 22.6. The van der Waals surface area contributed by atoms with Gasteiger partial charge in [0.2, 0.25) is 0 Å². The normalized spacial score (nSPS) is 13.8. The van der Waals surface area contributed by atoms with Gasteiger partial charge in [0.1, 0.15) is 0 Å². The lowest BCUT2D eigenvalue weighted by molar-refractivity contribution is 1.47. The number of nitrogens with zero attached hydrogens (tertiary/aromatic N) is 2. The highest BCUT2D eigenvalue weighted by Crippen LogP contribution is 2.09. The summed E-state index contributed by atoms with van der Waals surface area (Å²) in [5.41, 5.74) is 8.10. The third-order valence-corrected chi connectivity index (χ3v) is 5.42. The fraction of sp³-hybridized carbons (Fsp3) is 0.111. The number of hydrogen-bond acceptors (Lipinski definition) is 2. The molecule has 0 aliphatic heterocycles. The van der Waals surface area contributed by atoms with Crippen molar-refractivity contribution in [1.29, 1.82) is 10.5 Å². The van der Waals surface area contributed by atoms with E-state index in [1.54, 1.807) is 0 Å². The van der Waals surface area contributed by atoms with Crippen molar-refractivity contribution in [2.75, 3.05) is 0 Å². The van der Waals surface area contributed by atoms with Crippen LogP contribution in [0.2, 0.25) is 0 Å². The molecule has 2 rings (SSSR count). The average molecular weight is 495 g/mol. The maximum Gasteiger partial charge on any atom is 0.0991 e. The number of rotatable bonds is 10. The number of nitriles is 2. The summed E-state index contributed by atoms with van der Waals surface area (Å²) in [4.78, 5) is 0. The van der Waals surface area contributed by atoms with Crippen molar-refractivity contribution < 1.29 is 0 Å². The lowest BCUT2D eigenvalue weighted by Crippen LogP contribution is -1.75. The molecule has 38 heavy (non-hydrogen) atoms. The molecule has 0 saturated carbocycles. The Morgan fingerprint density at radius 2 is 0.789 bits per heavy atom. The van der Waals surface area contributed by atoms with E-state index in [1.165, 1.54) is 0 Å². The van der Waals surface area contributed by atoms with Gasteiger partial charge in [0.25, 0.3) is 0 Å². The Hall–Kier alpha value is -4.92. The van der Waals surface area contributed by atoms with Crippen LogP contribution in [0, 0.1) is 22.7 Å². The molecule has 0 fully saturated rings. The molecule has 2 heteroatoms. The smallest absolute Gasteiger partial charge is 0.0991 e. The summed E-state index contributed by atoms with van der Waals surface area (Å²) in [7, 11) is 0. The van der Waals surface area contributed by atoms with E-state index in [2.05, 4.69) is 88.4 Å². The molecule has 188 valence electrons. The van der Waals surface area contributed by atoms with Crippen molar-refractivity contribution in [2.45, 2.75) is 27.7 Å². The monoisotopic (exact) mass is 494 g/mol. The molecule has 0 saturated heterocycles. The van der Waals surface area contributed by atoms with E-state index in [-0.39, 0.29) is 0 Å². The van der Waals surface area contributed by atoms with E-state index in [0.717, 1.165) is 33.4 Å². The number of hydrogen-bond donors (Lipinski definition) is 0. The second-order valence-corrected chi connectivity index (χ2v) is 8.88. The maximum absolute atomic E-state index is 8.87. The molecule has 0 heterocycles. The molecule has 0 aromatic heterocycles. The highest BCUT2D eigenvalue weighted by molar-refractivity contribution is 5.55. The van der Waals surface area contributed by atoms with Gasteiger partial charge >= 0.3 is 0 Å². The van der Waals surface area contributed by atoms with Crippen molar-refractivity contribution in [3.05, 3.63) is 166 Å².